The number of rotatable bonds is 4. The van der Waals surface area contributed by atoms with Crippen molar-refractivity contribution in [3.8, 4) is 0 Å². The summed E-state index contributed by atoms with van der Waals surface area (Å²) >= 11 is 3.63. The predicted octanol–water partition coefficient (Wildman–Crippen LogP) is 2.98. The first-order chi connectivity index (χ1) is 9.69. The summed E-state index contributed by atoms with van der Waals surface area (Å²) in [7, 11) is 0. The van der Waals surface area contributed by atoms with Crippen molar-refractivity contribution in [3.05, 3.63) is 10.9 Å². The molecule has 4 N–H and O–H groups in total. The highest BCUT2D eigenvalue weighted by atomic mass is 32.2. The largest absolute Gasteiger partial charge is 0.367 e. The summed E-state index contributed by atoms with van der Waals surface area (Å²) in [5.74, 6) is 6.84. The Balaban J connectivity index is 1.89. The van der Waals surface area contributed by atoms with E-state index in [-0.39, 0.29) is 0 Å². The maximum absolute atomic E-state index is 5.47. The molecule has 0 radical (unpaired) electrons. The average Bonchev–Trinajstić information content (AvgIpc) is 3.04. The van der Waals surface area contributed by atoms with Crippen molar-refractivity contribution < 1.29 is 0 Å². The summed E-state index contributed by atoms with van der Waals surface area (Å²) in [4.78, 5) is 11.1. The topological polar surface area (TPSA) is 75.9 Å². The molecule has 0 aromatic carbocycles. The molecular weight excluding hydrogens is 290 g/mol. The van der Waals surface area contributed by atoms with Crippen molar-refractivity contribution in [1.82, 2.24) is 9.97 Å². The van der Waals surface area contributed by atoms with E-state index in [1.165, 1.54) is 24.1 Å². The molecular formula is C13H19N5S2. The molecule has 0 saturated heterocycles. The average molecular weight is 309 g/mol. The fourth-order valence-corrected chi connectivity index (χ4v) is 4.37. The highest BCUT2D eigenvalue weighted by molar-refractivity contribution is 7.99. The molecule has 5 nitrogen and oxygen atoms in total. The third-order valence-electron chi connectivity index (χ3n) is 3.70. The first-order valence-electron chi connectivity index (χ1n) is 6.73. The van der Waals surface area contributed by atoms with Crippen molar-refractivity contribution >= 4 is 45.1 Å². The SMILES string of the molecule is CSC1CCC(Nc2nc(NN)nc3sc(C)cc23)C1. The fraction of sp³-hybridized carbons (Fsp3) is 0.538. The van der Waals surface area contributed by atoms with E-state index in [2.05, 4.69) is 40.0 Å². The zero-order valence-electron chi connectivity index (χ0n) is 11.6. The number of hydrogen-bond donors (Lipinski definition) is 3. The Labute approximate surface area is 126 Å². The second-order valence-corrected chi connectivity index (χ2v) is 7.50. The van der Waals surface area contributed by atoms with Crippen LogP contribution in [0.3, 0.4) is 0 Å². The van der Waals surface area contributed by atoms with E-state index in [1.807, 2.05) is 11.8 Å². The molecule has 0 spiro atoms. The molecule has 0 amide bonds. The Morgan fingerprint density at radius 3 is 2.95 bits per heavy atom. The van der Waals surface area contributed by atoms with Crippen LogP contribution in [0.4, 0.5) is 11.8 Å². The predicted molar refractivity (Wildman–Crippen MR) is 88.5 cm³/mol. The van der Waals surface area contributed by atoms with Crippen molar-refractivity contribution in [1.29, 1.82) is 0 Å². The Bertz CT molecular complexity index is 612. The maximum atomic E-state index is 5.47. The van der Waals surface area contributed by atoms with E-state index in [9.17, 15) is 0 Å². The summed E-state index contributed by atoms with van der Waals surface area (Å²) in [5.41, 5.74) is 2.55. The number of hydrogen-bond acceptors (Lipinski definition) is 7. The Morgan fingerprint density at radius 2 is 2.25 bits per heavy atom. The van der Waals surface area contributed by atoms with E-state index in [0.717, 1.165) is 21.3 Å². The van der Waals surface area contributed by atoms with Crippen LogP contribution in [0.5, 0.6) is 0 Å². The minimum atomic E-state index is 0.473. The lowest BCUT2D eigenvalue weighted by molar-refractivity contribution is 0.753. The van der Waals surface area contributed by atoms with Gasteiger partial charge in [-0.1, -0.05) is 0 Å². The number of hydrazine groups is 1. The second kappa shape index (κ2) is 5.75. The summed E-state index contributed by atoms with van der Waals surface area (Å²) < 4.78 is 0. The molecule has 1 fully saturated rings. The van der Waals surface area contributed by atoms with Gasteiger partial charge >= 0.3 is 0 Å². The molecule has 2 aromatic heterocycles. The molecule has 7 heteroatoms. The van der Waals surface area contributed by atoms with Gasteiger partial charge in [-0.15, -0.1) is 11.3 Å². The van der Waals surface area contributed by atoms with Crippen molar-refractivity contribution in [3.63, 3.8) is 0 Å². The molecule has 2 atom stereocenters. The minimum absolute atomic E-state index is 0.473. The standard InChI is InChI=1S/C13H19N5S2/c1-7-5-10-11(15-8-3-4-9(6-8)19-2)16-13(18-14)17-12(10)20-7/h5,8-9H,3-4,6,14H2,1-2H3,(H2,15,16,17,18). The smallest absolute Gasteiger partial charge is 0.240 e. The molecule has 1 aliphatic rings. The molecule has 1 saturated carbocycles. The highest BCUT2D eigenvalue weighted by Crippen LogP contribution is 2.33. The summed E-state index contributed by atoms with van der Waals surface area (Å²) in [6.45, 7) is 2.09. The van der Waals surface area contributed by atoms with Gasteiger partial charge in [0.15, 0.2) is 0 Å². The van der Waals surface area contributed by atoms with Gasteiger partial charge in [0.05, 0.1) is 5.39 Å². The molecule has 0 aliphatic heterocycles. The summed E-state index contributed by atoms with van der Waals surface area (Å²) in [5, 5.41) is 5.44. The van der Waals surface area contributed by atoms with E-state index >= 15 is 0 Å². The third kappa shape index (κ3) is 2.70. The number of aromatic nitrogens is 2. The monoisotopic (exact) mass is 309 g/mol. The number of anilines is 2. The number of nitrogens with zero attached hydrogens (tertiary/aromatic N) is 2. The van der Waals surface area contributed by atoms with E-state index in [1.54, 1.807) is 11.3 Å². The van der Waals surface area contributed by atoms with Gasteiger partial charge in [-0.2, -0.15) is 16.7 Å². The number of aryl methyl sites for hydroxylation is 1. The second-order valence-electron chi connectivity index (χ2n) is 5.13. The zero-order chi connectivity index (χ0) is 14.1. The van der Waals surface area contributed by atoms with E-state index in [0.29, 0.717) is 12.0 Å². The van der Waals surface area contributed by atoms with Crippen LogP contribution in [0.1, 0.15) is 24.1 Å². The lowest BCUT2D eigenvalue weighted by Gasteiger charge is -2.14. The summed E-state index contributed by atoms with van der Waals surface area (Å²) in [6.07, 6.45) is 5.86. The Morgan fingerprint density at radius 1 is 1.40 bits per heavy atom. The normalized spacial score (nSPS) is 22.4. The number of thiophene rings is 1. The molecule has 0 bridgehead atoms. The van der Waals surface area contributed by atoms with Gasteiger partial charge in [0.1, 0.15) is 10.6 Å². The van der Waals surface area contributed by atoms with Crippen molar-refractivity contribution in [2.24, 2.45) is 5.84 Å². The Kier molecular flexibility index (Phi) is 4.00. The van der Waals surface area contributed by atoms with Gasteiger partial charge in [-0.3, -0.25) is 5.43 Å². The highest BCUT2D eigenvalue weighted by Gasteiger charge is 2.25. The fourth-order valence-electron chi connectivity index (χ4n) is 2.70. The summed E-state index contributed by atoms with van der Waals surface area (Å²) in [6, 6.07) is 2.64. The maximum Gasteiger partial charge on any atom is 0.240 e. The molecule has 3 rings (SSSR count). The number of nitrogens with one attached hydrogen (secondary N) is 2. The van der Waals surface area contributed by atoms with E-state index < -0.39 is 0 Å². The van der Waals surface area contributed by atoms with Crippen LogP contribution in [0.2, 0.25) is 0 Å². The molecule has 2 unspecified atom stereocenters. The van der Waals surface area contributed by atoms with Gasteiger partial charge in [0.2, 0.25) is 5.95 Å². The first-order valence-corrected chi connectivity index (χ1v) is 8.84. The first kappa shape index (κ1) is 13.9. The quantitative estimate of drug-likeness (QED) is 0.595. The number of thioether (sulfide) groups is 1. The molecule has 20 heavy (non-hydrogen) atoms. The van der Waals surface area contributed by atoms with Crippen molar-refractivity contribution in [2.45, 2.75) is 37.5 Å². The molecule has 2 heterocycles. The van der Waals surface area contributed by atoms with Gasteiger partial charge in [-0.25, -0.2) is 10.8 Å². The number of fused-ring (bicyclic) bond motifs is 1. The van der Waals surface area contributed by atoms with Crippen LogP contribution in [0, 0.1) is 6.92 Å². The number of nitrogens with two attached hydrogens (primary N) is 1. The van der Waals surface area contributed by atoms with Crippen molar-refractivity contribution in [2.75, 3.05) is 17.0 Å². The van der Waals surface area contributed by atoms with Crippen LogP contribution in [0.25, 0.3) is 10.2 Å². The zero-order valence-corrected chi connectivity index (χ0v) is 13.3. The lowest BCUT2D eigenvalue weighted by Crippen LogP contribution is -2.18. The minimum Gasteiger partial charge on any atom is -0.367 e. The molecule has 1 aliphatic carbocycles. The Hall–Kier alpha value is -1.05. The van der Waals surface area contributed by atoms with Crippen LogP contribution < -0.4 is 16.6 Å². The van der Waals surface area contributed by atoms with Crippen LogP contribution in [-0.2, 0) is 0 Å². The van der Waals surface area contributed by atoms with Crippen LogP contribution >= 0.6 is 23.1 Å². The molecule has 2 aromatic rings. The number of nitrogen functional groups attached to an aromatic ring is 1. The van der Waals surface area contributed by atoms with Gasteiger partial charge in [0, 0.05) is 16.2 Å². The third-order valence-corrected chi connectivity index (χ3v) is 5.74. The molecule has 108 valence electrons. The lowest BCUT2D eigenvalue weighted by atomic mass is 10.2. The van der Waals surface area contributed by atoms with Gasteiger partial charge < -0.3 is 5.32 Å². The van der Waals surface area contributed by atoms with Crippen LogP contribution in [-0.4, -0.2) is 27.5 Å². The van der Waals surface area contributed by atoms with E-state index in [4.69, 9.17) is 5.84 Å². The van der Waals surface area contributed by atoms with Gasteiger partial charge in [-0.05, 0) is 38.5 Å². The van der Waals surface area contributed by atoms with Gasteiger partial charge in [0.25, 0.3) is 0 Å². The van der Waals surface area contributed by atoms with Crippen LogP contribution in [0.15, 0.2) is 6.07 Å².